The van der Waals surface area contributed by atoms with Gasteiger partial charge in [-0.25, -0.2) is 0 Å². The highest BCUT2D eigenvalue weighted by atomic mass is 15.2. The Hall–Kier alpha value is -1.60. The van der Waals surface area contributed by atoms with Crippen LogP contribution in [0.5, 0.6) is 0 Å². The van der Waals surface area contributed by atoms with Crippen LogP contribution in [0.1, 0.15) is 63.5 Å². The molecule has 26 heavy (non-hydrogen) atoms. The highest BCUT2D eigenvalue weighted by Crippen LogP contribution is 2.41. The smallest absolute Gasteiger partial charge is 0.00675 e. The molecule has 0 amide bonds. The monoisotopic (exact) mass is 347 g/mol. The number of nitrogens with zero attached hydrogens (tertiary/aromatic N) is 1. The number of benzene rings is 2. The van der Waals surface area contributed by atoms with Gasteiger partial charge in [-0.15, -0.1) is 0 Å². The van der Waals surface area contributed by atoms with Crippen LogP contribution in [0.3, 0.4) is 0 Å². The fraction of sp³-hybridized carbons (Fsp3) is 0.520. The van der Waals surface area contributed by atoms with Gasteiger partial charge in [-0.1, -0.05) is 68.3 Å². The first kappa shape index (κ1) is 17.8. The minimum Gasteiger partial charge on any atom is -0.300 e. The fourth-order valence-corrected chi connectivity index (χ4v) is 4.97. The maximum atomic E-state index is 2.64. The summed E-state index contributed by atoms with van der Waals surface area (Å²) in [5.41, 5.74) is 6.08. The zero-order valence-corrected chi connectivity index (χ0v) is 16.5. The lowest BCUT2D eigenvalue weighted by Gasteiger charge is -2.24. The second kappa shape index (κ2) is 7.56. The molecule has 1 saturated heterocycles. The number of likely N-dealkylation sites (tertiary alicyclic amines) is 1. The highest BCUT2D eigenvalue weighted by Gasteiger charge is 2.30. The lowest BCUT2D eigenvalue weighted by atomic mass is 9.80. The molecule has 1 atom stereocenters. The van der Waals surface area contributed by atoms with Gasteiger partial charge in [-0.2, -0.15) is 0 Å². The van der Waals surface area contributed by atoms with Crippen molar-refractivity contribution in [3.8, 4) is 11.1 Å². The van der Waals surface area contributed by atoms with Gasteiger partial charge in [0.05, 0.1) is 0 Å². The third kappa shape index (κ3) is 3.74. The van der Waals surface area contributed by atoms with Crippen molar-refractivity contribution in [2.75, 3.05) is 13.1 Å². The van der Waals surface area contributed by atoms with Gasteiger partial charge in [0.1, 0.15) is 0 Å². The Morgan fingerprint density at radius 1 is 0.885 bits per heavy atom. The largest absolute Gasteiger partial charge is 0.300 e. The van der Waals surface area contributed by atoms with Crippen LogP contribution >= 0.6 is 0 Å². The van der Waals surface area contributed by atoms with Crippen LogP contribution in [0, 0.1) is 0 Å². The van der Waals surface area contributed by atoms with E-state index in [-0.39, 0.29) is 0 Å². The first-order valence-electron chi connectivity index (χ1n) is 10.6. The van der Waals surface area contributed by atoms with Gasteiger partial charge in [0.25, 0.3) is 0 Å². The molecule has 0 N–H and O–H groups in total. The van der Waals surface area contributed by atoms with Gasteiger partial charge >= 0.3 is 0 Å². The highest BCUT2D eigenvalue weighted by molar-refractivity contribution is 5.64. The Morgan fingerprint density at radius 3 is 2.08 bits per heavy atom. The molecule has 2 fully saturated rings. The summed E-state index contributed by atoms with van der Waals surface area (Å²) in [4.78, 5) is 2.64. The van der Waals surface area contributed by atoms with Crippen LogP contribution in [0.15, 0.2) is 48.5 Å². The van der Waals surface area contributed by atoms with Crippen molar-refractivity contribution in [1.82, 2.24) is 4.90 Å². The van der Waals surface area contributed by atoms with Crippen molar-refractivity contribution in [3.63, 3.8) is 0 Å². The first-order valence-corrected chi connectivity index (χ1v) is 10.6. The van der Waals surface area contributed by atoms with Crippen molar-refractivity contribution >= 4 is 0 Å². The van der Waals surface area contributed by atoms with Gasteiger partial charge in [0, 0.05) is 12.6 Å². The summed E-state index contributed by atoms with van der Waals surface area (Å²) in [5, 5.41) is 0. The maximum absolute atomic E-state index is 2.64. The molecule has 1 unspecified atom stereocenters. The molecule has 1 aliphatic heterocycles. The lowest BCUT2D eigenvalue weighted by molar-refractivity contribution is 0.272. The molecule has 1 aliphatic carbocycles. The molecule has 0 radical (unpaired) electrons. The maximum Gasteiger partial charge on any atom is 0.00675 e. The Bertz CT molecular complexity index is 707. The third-order valence-corrected chi connectivity index (χ3v) is 6.95. The van der Waals surface area contributed by atoms with Gasteiger partial charge in [0.15, 0.2) is 0 Å². The molecule has 0 bridgehead atoms. The van der Waals surface area contributed by atoms with E-state index in [0.717, 1.165) is 6.04 Å². The van der Waals surface area contributed by atoms with Crippen molar-refractivity contribution in [1.29, 1.82) is 0 Å². The van der Waals surface area contributed by atoms with E-state index in [1.807, 2.05) is 0 Å². The Balaban J connectivity index is 1.40. The summed E-state index contributed by atoms with van der Waals surface area (Å²) in [6.07, 6.45) is 9.37. The molecule has 1 heteroatoms. The lowest BCUT2D eigenvalue weighted by Crippen LogP contribution is -2.28. The van der Waals surface area contributed by atoms with E-state index in [4.69, 9.17) is 0 Å². The minimum atomic E-state index is 0.412. The number of hydrogen-bond donors (Lipinski definition) is 0. The number of hydrogen-bond acceptors (Lipinski definition) is 1. The van der Waals surface area contributed by atoms with E-state index in [1.54, 1.807) is 0 Å². The molecule has 138 valence electrons. The summed E-state index contributed by atoms with van der Waals surface area (Å²) < 4.78 is 0. The minimum absolute atomic E-state index is 0.412. The van der Waals surface area contributed by atoms with Crippen molar-refractivity contribution in [3.05, 3.63) is 59.7 Å². The quantitative estimate of drug-likeness (QED) is 0.621. The average molecular weight is 348 g/mol. The van der Waals surface area contributed by atoms with Crippen molar-refractivity contribution in [2.45, 2.75) is 70.3 Å². The van der Waals surface area contributed by atoms with Crippen LogP contribution < -0.4 is 0 Å². The first-order chi connectivity index (χ1) is 12.6. The second-order valence-electron chi connectivity index (χ2n) is 8.82. The van der Waals surface area contributed by atoms with Crippen LogP contribution in [-0.2, 0) is 11.8 Å². The molecular formula is C25H33N. The normalized spacial score (nSPS) is 22.8. The van der Waals surface area contributed by atoms with Gasteiger partial charge in [0.2, 0.25) is 0 Å². The van der Waals surface area contributed by atoms with Crippen molar-refractivity contribution in [2.24, 2.45) is 0 Å². The van der Waals surface area contributed by atoms with E-state index in [1.165, 1.54) is 80.3 Å². The summed E-state index contributed by atoms with van der Waals surface area (Å²) in [5.74, 6) is 0. The van der Waals surface area contributed by atoms with E-state index in [2.05, 4.69) is 67.3 Å². The van der Waals surface area contributed by atoms with Crippen LogP contribution in [0.2, 0.25) is 0 Å². The van der Waals surface area contributed by atoms with Gasteiger partial charge < -0.3 is 4.90 Å². The van der Waals surface area contributed by atoms with Crippen molar-refractivity contribution < 1.29 is 0 Å². The zero-order chi connectivity index (χ0) is 18.0. The predicted molar refractivity (Wildman–Crippen MR) is 112 cm³/mol. The topological polar surface area (TPSA) is 3.24 Å². The molecule has 2 aliphatic rings. The third-order valence-electron chi connectivity index (χ3n) is 6.95. The summed E-state index contributed by atoms with van der Waals surface area (Å²) in [7, 11) is 0. The van der Waals surface area contributed by atoms with Gasteiger partial charge in [-0.05, 0) is 73.2 Å². The summed E-state index contributed by atoms with van der Waals surface area (Å²) in [6, 6.07) is 19.4. The molecule has 1 nitrogen and oxygen atoms in total. The molecule has 2 aromatic carbocycles. The zero-order valence-electron chi connectivity index (χ0n) is 16.5. The van der Waals surface area contributed by atoms with E-state index < -0.39 is 0 Å². The Kier molecular flexibility index (Phi) is 5.18. The molecule has 0 spiro atoms. The molecule has 1 saturated carbocycles. The molecule has 1 heterocycles. The molecule has 0 aromatic heterocycles. The summed E-state index contributed by atoms with van der Waals surface area (Å²) >= 11 is 0. The molecule has 4 rings (SSSR count). The van der Waals surface area contributed by atoms with E-state index in [0.29, 0.717) is 5.41 Å². The standard InChI is InChI=1S/C25H33N/c1-20-6-5-18-26(20)19-15-21-7-9-22(10-8-21)23-11-13-24(14-12-23)25(2)16-3-4-17-25/h7-14,20H,3-6,15-19H2,1-2H3. The molecule has 2 aromatic rings. The Morgan fingerprint density at radius 2 is 1.50 bits per heavy atom. The second-order valence-corrected chi connectivity index (χ2v) is 8.82. The van der Waals surface area contributed by atoms with Crippen LogP contribution in [-0.4, -0.2) is 24.0 Å². The van der Waals surface area contributed by atoms with Crippen LogP contribution in [0.25, 0.3) is 11.1 Å². The Labute approximate surface area is 159 Å². The average Bonchev–Trinajstić information content (AvgIpc) is 3.30. The van der Waals surface area contributed by atoms with E-state index in [9.17, 15) is 0 Å². The van der Waals surface area contributed by atoms with E-state index >= 15 is 0 Å². The SMILES string of the molecule is CC1CCCN1CCc1ccc(-c2ccc(C3(C)CCCC3)cc2)cc1. The van der Waals surface area contributed by atoms with Crippen LogP contribution in [0.4, 0.5) is 0 Å². The fourth-order valence-electron chi connectivity index (χ4n) is 4.97. The predicted octanol–water partition coefficient (Wildman–Crippen LogP) is 6.21. The number of rotatable bonds is 5. The van der Waals surface area contributed by atoms with Gasteiger partial charge in [-0.3, -0.25) is 0 Å². The summed E-state index contributed by atoms with van der Waals surface area (Å²) in [6.45, 7) is 7.29. The molecular weight excluding hydrogens is 314 g/mol.